The van der Waals surface area contributed by atoms with Crippen molar-refractivity contribution >= 4 is 27.1 Å². The molecule has 0 saturated heterocycles. The van der Waals surface area contributed by atoms with Gasteiger partial charge < -0.3 is 10.8 Å². The van der Waals surface area contributed by atoms with Crippen LogP contribution in [0.15, 0.2) is 18.2 Å². The summed E-state index contributed by atoms with van der Waals surface area (Å²) in [5.74, 6) is 0. The summed E-state index contributed by atoms with van der Waals surface area (Å²) >= 11 is 1.17. The quantitative estimate of drug-likeness (QED) is 0.624. The summed E-state index contributed by atoms with van der Waals surface area (Å²) < 4.78 is 0.842. The number of rotatable bonds is 0. The van der Waals surface area contributed by atoms with E-state index in [9.17, 15) is 5.11 Å². The molecule has 0 unspecified atom stereocenters. The van der Waals surface area contributed by atoms with Crippen molar-refractivity contribution in [3.05, 3.63) is 23.8 Å². The lowest BCUT2D eigenvalue weighted by molar-refractivity contribution is 0.490. The average molecular weight is 190 g/mol. The van der Waals surface area contributed by atoms with Gasteiger partial charge in [-0.05, 0) is 12.1 Å². The van der Waals surface area contributed by atoms with Gasteiger partial charge in [-0.15, -0.1) is 0 Å². The van der Waals surface area contributed by atoms with Crippen LogP contribution in [0.3, 0.4) is 0 Å². The van der Waals surface area contributed by atoms with E-state index in [0.29, 0.717) is 11.3 Å². The lowest BCUT2D eigenvalue weighted by atomic mass is 10.2. The molecular formula is C9H6N2OS. The van der Waals surface area contributed by atoms with E-state index >= 15 is 0 Å². The Morgan fingerprint density at radius 2 is 2.23 bits per heavy atom. The van der Waals surface area contributed by atoms with Gasteiger partial charge in [0, 0.05) is 15.8 Å². The van der Waals surface area contributed by atoms with E-state index < -0.39 is 0 Å². The number of benzene rings is 1. The van der Waals surface area contributed by atoms with E-state index in [1.807, 2.05) is 6.07 Å². The largest absolute Gasteiger partial charge is 0.499 e. The predicted octanol–water partition coefficient (Wildman–Crippen LogP) is 2.06. The maximum absolute atomic E-state index is 9.38. The van der Waals surface area contributed by atoms with Crippen LogP contribution in [0.2, 0.25) is 0 Å². The first-order valence-corrected chi connectivity index (χ1v) is 4.45. The Bertz CT molecular complexity index is 510. The molecule has 4 heteroatoms. The van der Waals surface area contributed by atoms with Crippen molar-refractivity contribution < 1.29 is 5.11 Å². The number of fused-ring (bicyclic) bond motifs is 1. The Morgan fingerprint density at radius 3 is 2.92 bits per heavy atom. The molecule has 3 N–H and O–H groups in total. The molecule has 0 saturated carbocycles. The molecule has 0 amide bonds. The Morgan fingerprint density at radius 1 is 1.46 bits per heavy atom. The molecule has 0 aliphatic heterocycles. The Labute approximate surface area is 78.6 Å². The lowest BCUT2D eigenvalue weighted by Crippen LogP contribution is -1.81. The van der Waals surface area contributed by atoms with Gasteiger partial charge in [-0.3, -0.25) is 0 Å². The number of thiophene rings is 1. The van der Waals surface area contributed by atoms with Gasteiger partial charge in [0.15, 0.2) is 5.06 Å². The van der Waals surface area contributed by atoms with Gasteiger partial charge in [-0.25, -0.2) is 0 Å². The Kier molecular flexibility index (Phi) is 1.61. The average Bonchev–Trinajstić information content (AvgIpc) is 2.39. The minimum atomic E-state index is 0.0584. The first-order valence-electron chi connectivity index (χ1n) is 3.63. The van der Waals surface area contributed by atoms with Gasteiger partial charge in [-0.2, -0.15) is 5.26 Å². The molecule has 0 bridgehead atoms. The zero-order valence-electron chi connectivity index (χ0n) is 6.61. The highest BCUT2D eigenvalue weighted by molar-refractivity contribution is 7.21. The number of nitrogen functional groups attached to an aromatic ring is 1. The SMILES string of the molecule is N#Cc1c(O)sc2cc(N)ccc12. The van der Waals surface area contributed by atoms with Crippen LogP contribution in [-0.4, -0.2) is 5.11 Å². The highest BCUT2D eigenvalue weighted by atomic mass is 32.1. The lowest BCUT2D eigenvalue weighted by Gasteiger charge is -1.91. The van der Waals surface area contributed by atoms with E-state index in [1.54, 1.807) is 18.2 Å². The molecule has 0 atom stereocenters. The van der Waals surface area contributed by atoms with Crippen LogP contribution in [0.25, 0.3) is 10.1 Å². The standard InChI is InChI=1S/C9H6N2OS/c10-4-7-6-2-1-5(11)3-8(6)13-9(7)12/h1-3,12H,11H2. The molecule has 3 nitrogen and oxygen atoms in total. The van der Waals surface area contributed by atoms with Crippen molar-refractivity contribution in [1.29, 1.82) is 5.26 Å². The van der Waals surface area contributed by atoms with Crippen molar-refractivity contribution in [2.75, 3.05) is 5.73 Å². The molecule has 1 aromatic carbocycles. The topological polar surface area (TPSA) is 70.0 Å². The summed E-state index contributed by atoms with van der Waals surface area (Å²) in [6.07, 6.45) is 0. The molecule has 64 valence electrons. The molecule has 1 aromatic heterocycles. The molecular weight excluding hydrogens is 184 g/mol. The molecule has 0 radical (unpaired) electrons. The van der Waals surface area contributed by atoms with Gasteiger partial charge in [0.05, 0.1) is 0 Å². The zero-order chi connectivity index (χ0) is 9.42. The molecule has 0 aliphatic rings. The third-order valence-electron chi connectivity index (χ3n) is 1.81. The zero-order valence-corrected chi connectivity index (χ0v) is 7.43. The maximum Gasteiger partial charge on any atom is 0.190 e. The highest BCUT2D eigenvalue weighted by Crippen LogP contribution is 2.36. The molecule has 13 heavy (non-hydrogen) atoms. The summed E-state index contributed by atoms with van der Waals surface area (Å²) in [5, 5.41) is 18.9. The molecule has 1 heterocycles. The number of hydrogen-bond acceptors (Lipinski definition) is 4. The molecule has 0 aliphatic carbocycles. The van der Waals surface area contributed by atoms with Crippen molar-refractivity contribution in [3.63, 3.8) is 0 Å². The fourth-order valence-electron chi connectivity index (χ4n) is 1.21. The van der Waals surface area contributed by atoms with E-state index in [-0.39, 0.29) is 5.06 Å². The van der Waals surface area contributed by atoms with Gasteiger partial charge in [0.2, 0.25) is 0 Å². The Hall–Kier alpha value is -1.73. The molecule has 0 spiro atoms. The van der Waals surface area contributed by atoms with E-state index in [1.165, 1.54) is 11.3 Å². The third-order valence-corrected chi connectivity index (χ3v) is 2.76. The van der Waals surface area contributed by atoms with Crippen molar-refractivity contribution in [1.82, 2.24) is 0 Å². The number of anilines is 1. The van der Waals surface area contributed by atoms with Crippen LogP contribution in [0.1, 0.15) is 5.56 Å². The number of hydrogen-bond donors (Lipinski definition) is 2. The molecule has 0 fully saturated rings. The van der Waals surface area contributed by atoms with Crippen LogP contribution in [0, 0.1) is 11.3 Å². The van der Waals surface area contributed by atoms with Gasteiger partial charge in [-0.1, -0.05) is 17.4 Å². The normalized spacial score (nSPS) is 10.1. The van der Waals surface area contributed by atoms with E-state index in [0.717, 1.165) is 10.1 Å². The summed E-state index contributed by atoms with van der Waals surface area (Å²) in [6, 6.07) is 7.17. The molecule has 2 aromatic rings. The minimum Gasteiger partial charge on any atom is -0.499 e. The first kappa shape index (κ1) is 7.90. The van der Waals surface area contributed by atoms with Gasteiger partial charge in [0.25, 0.3) is 0 Å². The fourth-order valence-corrected chi connectivity index (χ4v) is 2.15. The minimum absolute atomic E-state index is 0.0584. The van der Waals surface area contributed by atoms with Crippen molar-refractivity contribution in [2.24, 2.45) is 0 Å². The summed E-state index contributed by atoms with van der Waals surface area (Å²) in [5.41, 5.74) is 6.54. The fraction of sp³-hybridized carbons (Fsp3) is 0. The second-order valence-corrected chi connectivity index (χ2v) is 3.68. The van der Waals surface area contributed by atoms with Crippen molar-refractivity contribution in [3.8, 4) is 11.1 Å². The van der Waals surface area contributed by atoms with Crippen LogP contribution in [0.5, 0.6) is 5.06 Å². The number of nitrogens with two attached hydrogens (primary N) is 1. The smallest absolute Gasteiger partial charge is 0.190 e. The van der Waals surface area contributed by atoms with E-state index in [2.05, 4.69) is 0 Å². The van der Waals surface area contributed by atoms with Gasteiger partial charge >= 0.3 is 0 Å². The highest BCUT2D eigenvalue weighted by Gasteiger charge is 2.10. The van der Waals surface area contributed by atoms with Crippen LogP contribution in [-0.2, 0) is 0 Å². The number of nitrogens with zero attached hydrogens (tertiary/aromatic N) is 1. The monoisotopic (exact) mass is 190 g/mol. The second-order valence-electron chi connectivity index (χ2n) is 2.65. The van der Waals surface area contributed by atoms with Crippen LogP contribution < -0.4 is 5.73 Å². The van der Waals surface area contributed by atoms with E-state index in [4.69, 9.17) is 11.0 Å². The summed E-state index contributed by atoms with van der Waals surface area (Å²) in [4.78, 5) is 0. The Balaban J connectivity index is 2.88. The summed E-state index contributed by atoms with van der Waals surface area (Å²) in [6.45, 7) is 0. The number of aromatic hydroxyl groups is 1. The van der Waals surface area contributed by atoms with Crippen LogP contribution >= 0.6 is 11.3 Å². The number of nitriles is 1. The predicted molar refractivity (Wildman–Crippen MR) is 52.6 cm³/mol. The second kappa shape index (κ2) is 2.64. The maximum atomic E-state index is 9.38. The molecule has 2 rings (SSSR count). The first-order chi connectivity index (χ1) is 6.22. The van der Waals surface area contributed by atoms with Gasteiger partial charge in [0.1, 0.15) is 11.6 Å². The van der Waals surface area contributed by atoms with Crippen molar-refractivity contribution in [2.45, 2.75) is 0 Å². The third kappa shape index (κ3) is 1.10. The van der Waals surface area contributed by atoms with Crippen LogP contribution in [0.4, 0.5) is 5.69 Å². The summed E-state index contributed by atoms with van der Waals surface area (Å²) in [7, 11) is 0.